The summed E-state index contributed by atoms with van der Waals surface area (Å²) in [6.07, 6.45) is 1.74. The Balaban J connectivity index is 2.17. The van der Waals surface area contributed by atoms with Crippen molar-refractivity contribution < 1.29 is 19.4 Å². The van der Waals surface area contributed by atoms with Crippen LogP contribution in [-0.2, 0) is 0 Å². The fourth-order valence-electron chi connectivity index (χ4n) is 2.43. The van der Waals surface area contributed by atoms with E-state index in [4.69, 9.17) is 9.47 Å². The molecule has 2 N–H and O–H groups in total. The lowest BCUT2D eigenvalue weighted by Crippen LogP contribution is -2.40. The molecule has 0 spiro atoms. The van der Waals surface area contributed by atoms with Gasteiger partial charge in [0.1, 0.15) is 0 Å². The van der Waals surface area contributed by atoms with Gasteiger partial charge in [0.2, 0.25) is 0 Å². The third kappa shape index (κ3) is 3.41. The lowest BCUT2D eigenvalue weighted by molar-refractivity contribution is 0.166. The van der Waals surface area contributed by atoms with Gasteiger partial charge in [-0.15, -0.1) is 0 Å². The molecule has 0 radical (unpaired) electrons. The zero-order chi connectivity index (χ0) is 15.4. The molecule has 1 aliphatic heterocycles. The van der Waals surface area contributed by atoms with Crippen molar-refractivity contribution in [2.45, 2.75) is 18.9 Å². The minimum Gasteiger partial charge on any atom is -0.493 e. The molecule has 1 atom stereocenters. The summed E-state index contributed by atoms with van der Waals surface area (Å²) in [5.41, 5.74) is 0.598. The van der Waals surface area contributed by atoms with Gasteiger partial charge in [0.05, 0.1) is 32.6 Å². The van der Waals surface area contributed by atoms with Crippen LogP contribution in [0.2, 0.25) is 0 Å². The number of likely N-dealkylation sites (tertiary alicyclic amines) is 1. The third-order valence-corrected chi connectivity index (χ3v) is 4.22. The fourth-order valence-corrected chi connectivity index (χ4v) is 2.85. The van der Waals surface area contributed by atoms with Crippen molar-refractivity contribution in [3.8, 4) is 11.5 Å². The lowest BCUT2D eigenvalue weighted by atomic mass is 10.2. The molecule has 1 saturated heterocycles. The van der Waals surface area contributed by atoms with E-state index in [9.17, 15) is 9.90 Å². The molecule has 2 rings (SSSR count). The standard InChI is InChI=1S/C14H19BrN2O4/c1-20-12-6-10(15)11(7-13(12)21-2)16-14(19)17-5-3-4-9(17)8-18/h6-7,9,18H,3-5,8H2,1-2H3,(H,16,19)/t9-/m0/s1. The number of carbonyl (C=O) groups is 1. The van der Waals surface area contributed by atoms with Crippen molar-refractivity contribution in [1.29, 1.82) is 0 Å². The summed E-state index contributed by atoms with van der Waals surface area (Å²) in [6, 6.07) is 3.11. The maximum absolute atomic E-state index is 12.3. The van der Waals surface area contributed by atoms with Crippen molar-refractivity contribution in [2.24, 2.45) is 0 Å². The number of carbonyl (C=O) groups excluding carboxylic acids is 1. The molecule has 21 heavy (non-hydrogen) atoms. The first-order valence-electron chi connectivity index (χ1n) is 6.70. The zero-order valence-electron chi connectivity index (χ0n) is 12.1. The average molecular weight is 359 g/mol. The van der Waals surface area contributed by atoms with Crippen LogP contribution in [0, 0.1) is 0 Å². The van der Waals surface area contributed by atoms with E-state index in [2.05, 4.69) is 21.2 Å². The summed E-state index contributed by atoms with van der Waals surface area (Å²) in [7, 11) is 3.10. The molecule has 6 nitrogen and oxygen atoms in total. The van der Waals surface area contributed by atoms with Gasteiger partial charge < -0.3 is 24.8 Å². The minimum absolute atomic E-state index is 0.0134. The first kappa shape index (κ1) is 15.9. The predicted octanol–water partition coefficient (Wildman–Crippen LogP) is 2.45. The molecule has 1 aromatic rings. The van der Waals surface area contributed by atoms with Crippen LogP contribution in [0.1, 0.15) is 12.8 Å². The Morgan fingerprint density at radius 1 is 1.43 bits per heavy atom. The van der Waals surface area contributed by atoms with E-state index >= 15 is 0 Å². The number of ether oxygens (including phenoxy) is 2. The lowest BCUT2D eigenvalue weighted by Gasteiger charge is -2.24. The number of nitrogens with zero attached hydrogens (tertiary/aromatic N) is 1. The molecule has 0 aliphatic carbocycles. The summed E-state index contributed by atoms with van der Waals surface area (Å²) in [6.45, 7) is 0.641. The number of urea groups is 1. The van der Waals surface area contributed by atoms with Crippen molar-refractivity contribution in [3.63, 3.8) is 0 Å². The van der Waals surface area contributed by atoms with Gasteiger partial charge in [-0.2, -0.15) is 0 Å². The number of amides is 2. The number of aliphatic hydroxyl groups excluding tert-OH is 1. The van der Waals surface area contributed by atoms with Crippen LogP contribution in [0.3, 0.4) is 0 Å². The second-order valence-electron chi connectivity index (χ2n) is 4.79. The number of halogens is 1. The van der Waals surface area contributed by atoms with Crippen LogP contribution < -0.4 is 14.8 Å². The van der Waals surface area contributed by atoms with Gasteiger partial charge in [-0.1, -0.05) is 0 Å². The molecule has 2 amide bonds. The van der Waals surface area contributed by atoms with Gasteiger partial charge in [-0.3, -0.25) is 0 Å². The van der Waals surface area contributed by atoms with E-state index in [1.807, 2.05) is 0 Å². The molecule has 1 aliphatic rings. The summed E-state index contributed by atoms with van der Waals surface area (Å²) >= 11 is 3.40. The number of methoxy groups -OCH3 is 2. The highest BCUT2D eigenvalue weighted by atomic mass is 79.9. The maximum atomic E-state index is 12.3. The van der Waals surface area contributed by atoms with Crippen LogP contribution in [0.15, 0.2) is 16.6 Å². The van der Waals surface area contributed by atoms with Gasteiger partial charge >= 0.3 is 6.03 Å². The molecule has 0 unspecified atom stereocenters. The largest absolute Gasteiger partial charge is 0.493 e. The summed E-state index contributed by atoms with van der Waals surface area (Å²) in [5, 5.41) is 12.1. The Morgan fingerprint density at radius 3 is 2.71 bits per heavy atom. The van der Waals surface area contributed by atoms with Crippen LogP contribution in [0.4, 0.5) is 10.5 Å². The molecule has 0 aromatic heterocycles. The first-order chi connectivity index (χ1) is 10.1. The van der Waals surface area contributed by atoms with E-state index < -0.39 is 0 Å². The number of hydrogen-bond donors (Lipinski definition) is 2. The Hall–Kier alpha value is -1.47. The van der Waals surface area contributed by atoms with Gasteiger partial charge in [-0.05, 0) is 28.8 Å². The molecule has 116 valence electrons. The number of nitrogens with one attached hydrogen (secondary N) is 1. The molecule has 0 saturated carbocycles. The molecular formula is C14H19BrN2O4. The van der Waals surface area contributed by atoms with E-state index in [1.54, 1.807) is 31.3 Å². The number of rotatable bonds is 4. The fraction of sp³-hybridized carbons (Fsp3) is 0.500. The summed E-state index contributed by atoms with van der Waals surface area (Å²) < 4.78 is 11.1. The quantitative estimate of drug-likeness (QED) is 0.867. The molecular weight excluding hydrogens is 340 g/mol. The number of aliphatic hydroxyl groups is 1. The zero-order valence-corrected chi connectivity index (χ0v) is 13.6. The molecule has 1 aromatic carbocycles. The topological polar surface area (TPSA) is 71.0 Å². The maximum Gasteiger partial charge on any atom is 0.322 e. The Labute approximate surface area is 132 Å². The van der Waals surface area contributed by atoms with Crippen LogP contribution in [0.5, 0.6) is 11.5 Å². The van der Waals surface area contributed by atoms with Gasteiger partial charge in [0, 0.05) is 23.2 Å². The van der Waals surface area contributed by atoms with Gasteiger partial charge in [-0.25, -0.2) is 4.79 Å². The van der Waals surface area contributed by atoms with Crippen molar-refractivity contribution in [3.05, 3.63) is 16.6 Å². The average Bonchev–Trinajstić information content (AvgIpc) is 2.97. The Kier molecular flexibility index (Phi) is 5.30. The second-order valence-corrected chi connectivity index (χ2v) is 5.64. The first-order valence-corrected chi connectivity index (χ1v) is 7.50. The molecule has 1 fully saturated rings. The van der Waals surface area contributed by atoms with Crippen molar-refractivity contribution >= 4 is 27.6 Å². The summed E-state index contributed by atoms with van der Waals surface area (Å²) in [4.78, 5) is 14.0. The number of hydrogen-bond acceptors (Lipinski definition) is 4. The van der Waals surface area contributed by atoms with Crippen LogP contribution in [-0.4, -0.2) is 49.5 Å². The molecule has 0 bridgehead atoms. The smallest absolute Gasteiger partial charge is 0.322 e. The molecule has 1 heterocycles. The third-order valence-electron chi connectivity index (χ3n) is 3.56. The van der Waals surface area contributed by atoms with E-state index in [0.29, 0.717) is 28.2 Å². The highest BCUT2D eigenvalue weighted by molar-refractivity contribution is 9.10. The van der Waals surface area contributed by atoms with Crippen molar-refractivity contribution in [2.75, 3.05) is 32.7 Å². The van der Waals surface area contributed by atoms with Gasteiger partial charge in [0.15, 0.2) is 11.5 Å². The predicted molar refractivity (Wildman–Crippen MR) is 83.1 cm³/mol. The van der Waals surface area contributed by atoms with Crippen LogP contribution >= 0.6 is 15.9 Å². The Morgan fingerprint density at radius 2 is 2.10 bits per heavy atom. The number of benzene rings is 1. The monoisotopic (exact) mass is 358 g/mol. The van der Waals surface area contributed by atoms with Crippen LogP contribution in [0.25, 0.3) is 0 Å². The van der Waals surface area contributed by atoms with Gasteiger partial charge in [0.25, 0.3) is 0 Å². The molecule has 7 heteroatoms. The highest BCUT2D eigenvalue weighted by Crippen LogP contribution is 2.36. The SMILES string of the molecule is COc1cc(Br)c(NC(=O)N2CCC[C@H]2CO)cc1OC. The second kappa shape index (κ2) is 7.00. The number of anilines is 1. The van der Waals surface area contributed by atoms with Crippen molar-refractivity contribution in [1.82, 2.24) is 4.90 Å². The summed E-state index contributed by atoms with van der Waals surface area (Å²) in [5.74, 6) is 1.12. The normalized spacial score (nSPS) is 17.7. The van der Waals surface area contributed by atoms with E-state index in [0.717, 1.165) is 12.8 Å². The van der Waals surface area contributed by atoms with E-state index in [-0.39, 0.29) is 18.7 Å². The Bertz CT molecular complexity index is 524. The van der Waals surface area contributed by atoms with E-state index in [1.165, 1.54) is 0 Å². The highest BCUT2D eigenvalue weighted by Gasteiger charge is 2.28. The minimum atomic E-state index is -0.223.